The Bertz CT molecular complexity index is 970. The first kappa shape index (κ1) is 19.3. The van der Waals surface area contributed by atoms with Crippen molar-refractivity contribution in [3.05, 3.63) is 69.8 Å². The summed E-state index contributed by atoms with van der Waals surface area (Å²) in [6.07, 6.45) is 0.983. The van der Waals surface area contributed by atoms with Crippen molar-refractivity contribution in [3.8, 4) is 11.4 Å². The molecule has 0 saturated heterocycles. The third-order valence-corrected chi connectivity index (χ3v) is 4.80. The van der Waals surface area contributed by atoms with E-state index in [2.05, 4.69) is 10.4 Å². The largest absolute Gasteiger partial charge is 0.497 e. The number of carbonyl (C=O) groups excluding carboxylic acids is 1. The van der Waals surface area contributed by atoms with Crippen LogP contribution in [0.15, 0.2) is 48.5 Å². The lowest BCUT2D eigenvalue weighted by Gasteiger charge is -2.07. The van der Waals surface area contributed by atoms with Crippen LogP contribution in [0.5, 0.6) is 5.75 Å². The molecule has 0 aliphatic rings. The number of methoxy groups -OCH3 is 1. The first-order valence-electron chi connectivity index (χ1n) is 8.47. The second-order valence-corrected chi connectivity index (χ2v) is 6.78. The SMILES string of the molecule is CCc1cc(NC(=O)Cc2cccc(OC)c2)nn1-c1ccc(Cl)c(Cl)c1. The Kier molecular flexibility index (Phi) is 6.04. The first-order valence-corrected chi connectivity index (χ1v) is 9.23. The van der Waals surface area contributed by atoms with Gasteiger partial charge in [0.25, 0.3) is 0 Å². The molecule has 5 nitrogen and oxygen atoms in total. The predicted molar refractivity (Wildman–Crippen MR) is 108 cm³/mol. The second-order valence-electron chi connectivity index (χ2n) is 5.96. The topological polar surface area (TPSA) is 56.1 Å². The van der Waals surface area contributed by atoms with Gasteiger partial charge >= 0.3 is 0 Å². The lowest BCUT2D eigenvalue weighted by Crippen LogP contribution is -2.15. The Balaban J connectivity index is 1.78. The number of aromatic nitrogens is 2. The maximum Gasteiger partial charge on any atom is 0.229 e. The molecule has 0 spiro atoms. The van der Waals surface area contributed by atoms with Crippen LogP contribution in [0.2, 0.25) is 10.0 Å². The van der Waals surface area contributed by atoms with Crippen molar-refractivity contribution < 1.29 is 9.53 Å². The minimum absolute atomic E-state index is 0.148. The highest BCUT2D eigenvalue weighted by Gasteiger charge is 2.12. The number of rotatable bonds is 6. The van der Waals surface area contributed by atoms with E-state index in [1.807, 2.05) is 43.3 Å². The lowest BCUT2D eigenvalue weighted by molar-refractivity contribution is -0.115. The summed E-state index contributed by atoms with van der Waals surface area (Å²) in [6, 6.07) is 14.6. The number of nitrogens with one attached hydrogen (secondary N) is 1. The molecule has 0 saturated carbocycles. The number of benzene rings is 2. The zero-order chi connectivity index (χ0) is 19.4. The highest BCUT2D eigenvalue weighted by molar-refractivity contribution is 6.42. The Morgan fingerprint density at radius 1 is 1.15 bits per heavy atom. The van der Waals surface area contributed by atoms with E-state index in [1.54, 1.807) is 23.9 Å². The van der Waals surface area contributed by atoms with Gasteiger partial charge in [-0.25, -0.2) is 4.68 Å². The van der Waals surface area contributed by atoms with Crippen LogP contribution in [0.4, 0.5) is 5.82 Å². The van der Waals surface area contributed by atoms with E-state index in [-0.39, 0.29) is 12.3 Å². The smallest absolute Gasteiger partial charge is 0.229 e. The average Bonchev–Trinajstić information content (AvgIpc) is 3.06. The quantitative estimate of drug-likeness (QED) is 0.634. The van der Waals surface area contributed by atoms with E-state index >= 15 is 0 Å². The number of anilines is 1. The normalized spacial score (nSPS) is 10.7. The summed E-state index contributed by atoms with van der Waals surface area (Å²) in [6.45, 7) is 2.02. The molecule has 1 aromatic heterocycles. The number of amides is 1. The molecular weight excluding hydrogens is 385 g/mol. The van der Waals surface area contributed by atoms with Crippen LogP contribution in [-0.2, 0) is 17.6 Å². The van der Waals surface area contributed by atoms with Gasteiger partial charge in [0, 0.05) is 11.8 Å². The third-order valence-electron chi connectivity index (χ3n) is 4.06. The summed E-state index contributed by atoms with van der Waals surface area (Å²) in [5.74, 6) is 1.06. The van der Waals surface area contributed by atoms with Crippen LogP contribution in [-0.4, -0.2) is 22.8 Å². The molecule has 0 atom stereocenters. The first-order chi connectivity index (χ1) is 13.0. The Morgan fingerprint density at radius 3 is 2.67 bits per heavy atom. The molecule has 3 aromatic rings. The maximum atomic E-state index is 12.4. The molecule has 140 valence electrons. The molecule has 0 aliphatic carbocycles. The number of ether oxygens (including phenoxy) is 1. The predicted octanol–water partition coefficient (Wildman–Crippen LogP) is 4.93. The number of hydrogen-bond donors (Lipinski definition) is 1. The summed E-state index contributed by atoms with van der Waals surface area (Å²) in [4.78, 5) is 12.4. The average molecular weight is 404 g/mol. The fraction of sp³-hybridized carbons (Fsp3) is 0.200. The van der Waals surface area contributed by atoms with E-state index in [0.717, 1.165) is 29.1 Å². The minimum Gasteiger partial charge on any atom is -0.497 e. The van der Waals surface area contributed by atoms with Crippen LogP contribution >= 0.6 is 23.2 Å². The Hall–Kier alpha value is -2.50. The van der Waals surface area contributed by atoms with Crippen molar-refractivity contribution in [3.63, 3.8) is 0 Å². The zero-order valence-electron chi connectivity index (χ0n) is 15.0. The van der Waals surface area contributed by atoms with Crippen molar-refractivity contribution >= 4 is 34.9 Å². The van der Waals surface area contributed by atoms with Gasteiger partial charge < -0.3 is 10.1 Å². The van der Waals surface area contributed by atoms with Gasteiger partial charge in [-0.2, -0.15) is 0 Å². The molecule has 27 heavy (non-hydrogen) atoms. The Labute approximate surface area is 167 Å². The standard InChI is InChI=1S/C20H19Cl2N3O2/c1-3-14-12-19(24-25(14)15-7-8-17(21)18(22)11-15)23-20(26)10-13-5-4-6-16(9-13)27-2/h4-9,11-12H,3,10H2,1-2H3,(H,23,24,26). The van der Waals surface area contributed by atoms with Crippen molar-refractivity contribution in [1.29, 1.82) is 0 Å². The number of carbonyl (C=O) groups is 1. The second kappa shape index (κ2) is 8.46. The van der Waals surface area contributed by atoms with Crippen molar-refractivity contribution in [2.24, 2.45) is 0 Å². The molecular formula is C20H19Cl2N3O2. The van der Waals surface area contributed by atoms with Crippen LogP contribution < -0.4 is 10.1 Å². The molecule has 1 amide bonds. The summed E-state index contributed by atoms with van der Waals surface area (Å²) < 4.78 is 6.94. The summed E-state index contributed by atoms with van der Waals surface area (Å²) in [5.41, 5.74) is 2.60. The fourth-order valence-corrected chi connectivity index (χ4v) is 3.02. The van der Waals surface area contributed by atoms with E-state index in [4.69, 9.17) is 27.9 Å². The molecule has 0 aliphatic heterocycles. The summed E-state index contributed by atoms with van der Waals surface area (Å²) in [7, 11) is 1.60. The number of hydrogen-bond acceptors (Lipinski definition) is 3. The van der Waals surface area contributed by atoms with E-state index in [1.165, 1.54) is 0 Å². The molecule has 0 radical (unpaired) electrons. The Morgan fingerprint density at radius 2 is 1.96 bits per heavy atom. The van der Waals surface area contributed by atoms with Crippen LogP contribution in [0.1, 0.15) is 18.2 Å². The fourth-order valence-electron chi connectivity index (χ4n) is 2.73. The van der Waals surface area contributed by atoms with Gasteiger partial charge in [-0.05, 0) is 42.3 Å². The molecule has 1 N–H and O–H groups in total. The van der Waals surface area contributed by atoms with Gasteiger partial charge in [0.15, 0.2) is 5.82 Å². The van der Waals surface area contributed by atoms with Gasteiger partial charge in [0.05, 0.1) is 29.3 Å². The van der Waals surface area contributed by atoms with Gasteiger partial charge in [0.2, 0.25) is 5.91 Å². The summed E-state index contributed by atoms with van der Waals surface area (Å²) in [5, 5.41) is 8.28. The van der Waals surface area contributed by atoms with Crippen molar-refractivity contribution in [1.82, 2.24) is 9.78 Å². The van der Waals surface area contributed by atoms with E-state index < -0.39 is 0 Å². The van der Waals surface area contributed by atoms with Gasteiger partial charge in [-0.15, -0.1) is 5.10 Å². The maximum absolute atomic E-state index is 12.4. The van der Waals surface area contributed by atoms with Gasteiger partial charge in [-0.3, -0.25) is 4.79 Å². The molecule has 0 bridgehead atoms. The molecule has 1 heterocycles. The highest BCUT2D eigenvalue weighted by Crippen LogP contribution is 2.26. The van der Waals surface area contributed by atoms with E-state index in [0.29, 0.717) is 15.9 Å². The summed E-state index contributed by atoms with van der Waals surface area (Å²) >= 11 is 12.1. The lowest BCUT2D eigenvalue weighted by atomic mass is 10.1. The van der Waals surface area contributed by atoms with Crippen LogP contribution in [0.25, 0.3) is 5.69 Å². The highest BCUT2D eigenvalue weighted by atomic mass is 35.5. The number of nitrogens with zero attached hydrogens (tertiary/aromatic N) is 2. The van der Waals surface area contributed by atoms with Crippen LogP contribution in [0, 0.1) is 0 Å². The van der Waals surface area contributed by atoms with E-state index in [9.17, 15) is 4.79 Å². The molecule has 7 heteroatoms. The van der Waals surface area contributed by atoms with Crippen LogP contribution in [0.3, 0.4) is 0 Å². The van der Waals surface area contributed by atoms with Crippen molar-refractivity contribution in [2.45, 2.75) is 19.8 Å². The molecule has 0 fully saturated rings. The molecule has 0 unspecified atom stereocenters. The van der Waals surface area contributed by atoms with Crippen molar-refractivity contribution in [2.75, 3.05) is 12.4 Å². The monoisotopic (exact) mass is 403 g/mol. The van der Waals surface area contributed by atoms with Gasteiger partial charge in [-0.1, -0.05) is 42.3 Å². The number of aryl methyl sites for hydroxylation is 1. The minimum atomic E-state index is -0.148. The number of halogens is 2. The molecule has 2 aromatic carbocycles. The third kappa shape index (κ3) is 4.62. The molecule has 3 rings (SSSR count). The van der Waals surface area contributed by atoms with Gasteiger partial charge in [0.1, 0.15) is 5.75 Å². The zero-order valence-corrected chi connectivity index (χ0v) is 16.5.